The van der Waals surface area contributed by atoms with Crippen LogP contribution in [0.4, 0.5) is 4.79 Å². The van der Waals surface area contributed by atoms with Crippen molar-refractivity contribution in [3.8, 4) is 6.07 Å². The highest BCUT2D eigenvalue weighted by atomic mass is 16.6. The minimum atomic E-state index is -0.251. The van der Waals surface area contributed by atoms with Gasteiger partial charge in [-0.25, -0.2) is 4.79 Å². The highest BCUT2D eigenvalue weighted by Crippen LogP contribution is 2.15. The first-order valence-electron chi connectivity index (χ1n) is 8.84. The Kier molecular flexibility index (Phi) is 5.88. The van der Waals surface area contributed by atoms with Crippen molar-refractivity contribution in [3.05, 3.63) is 71.3 Å². The number of nitriles is 1. The Hall–Kier alpha value is -2.84. The molecule has 0 radical (unpaired) electrons. The molecule has 1 aliphatic heterocycles. The van der Waals surface area contributed by atoms with Crippen molar-refractivity contribution < 1.29 is 9.53 Å². The number of hydrogen-bond acceptors (Lipinski definition) is 4. The Morgan fingerprint density at radius 1 is 1.12 bits per heavy atom. The van der Waals surface area contributed by atoms with Crippen LogP contribution in [-0.4, -0.2) is 41.6 Å². The van der Waals surface area contributed by atoms with Crippen molar-refractivity contribution in [1.82, 2.24) is 9.80 Å². The van der Waals surface area contributed by atoms with E-state index in [9.17, 15) is 4.79 Å². The van der Waals surface area contributed by atoms with Gasteiger partial charge in [-0.1, -0.05) is 42.5 Å². The summed E-state index contributed by atoms with van der Waals surface area (Å²) in [5, 5.41) is 8.87. The Morgan fingerprint density at radius 3 is 2.50 bits per heavy atom. The van der Waals surface area contributed by atoms with E-state index in [0.717, 1.165) is 25.2 Å². The Labute approximate surface area is 154 Å². The number of rotatable bonds is 4. The molecule has 1 unspecified atom stereocenters. The molecule has 0 aromatic heterocycles. The first kappa shape index (κ1) is 18.0. The number of nitrogens with zero attached hydrogens (tertiary/aromatic N) is 3. The molecule has 0 spiro atoms. The molecule has 3 rings (SSSR count). The molecular weight excluding hydrogens is 326 g/mol. The van der Waals surface area contributed by atoms with Gasteiger partial charge in [0, 0.05) is 32.2 Å². The topological polar surface area (TPSA) is 56.6 Å². The Bertz CT molecular complexity index is 768. The zero-order valence-electron chi connectivity index (χ0n) is 15.0. The molecule has 0 bridgehead atoms. The molecule has 2 aromatic rings. The van der Waals surface area contributed by atoms with Gasteiger partial charge in [-0.2, -0.15) is 5.26 Å². The normalized spacial score (nSPS) is 17.5. The minimum Gasteiger partial charge on any atom is -0.445 e. The summed E-state index contributed by atoms with van der Waals surface area (Å²) in [6.45, 7) is 5.45. The highest BCUT2D eigenvalue weighted by molar-refractivity contribution is 5.68. The van der Waals surface area contributed by atoms with Gasteiger partial charge in [-0.15, -0.1) is 0 Å². The van der Waals surface area contributed by atoms with Gasteiger partial charge in [0.05, 0.1) is 11.6 Å². The highest BCUT2D eigenvalue weighted by Gasteiger charge is 2.28. The summed E-state index contributed by atoms with van der Waals surface area (Å²) in [6, 6.07) is 19.6. The second kappa shape index (κ2) is 8.50. The molecule has 5 nitrogen and oxygen atoms in total. The van der Waals surface area contributed by atoms with Crippen LogP contribution in [0.5, 0.6) is 0 Å². The lowest BCUT2D eigenvalue weighted by molar-refractivity contribution is 0.0458. The van der Waals surface area contributed by atoms with Gasteiger partial charge in [0.1, 0.15) is 6.61 Å². The molecule has 1 heterocycles. The fourth-order valence-corrected chi connectivity index (χ4v) is 3.19. The Morgan fingerprint density at radius 2 is 1.85 bits per heavy atom. The van der Waals surface area contributed by atoms with E-state index >= 15 is 0 Å². The molecule has 1 saturated heterocycles. The van der Waals surface area contributed by atoms with Crippen LogP contribution in [0, 0.1) is 11.3 Å². The number of carbonyl (C=O) groups excluding carboxylic acids is 1. The molecule has 0 N–H and O–H groups in total. The smallest absolute Gasteiger partial charge is 0.410 e. The van der Waals surface area contributed by atoms with Gasteiger partial charge < -0.3 is 9.64 Å². The van der Waals surface area contributed by atoms with Gasteiger partial charge in [-0.05, 0) is 30.2 Å². The largest absolute Gasteiger partial charge is 0.445 e. The lowest BCUT2D eigenvalue weighted by atomic mass is 10.1. The molecule has 134 valence electrons. The van der Waals surface area contributed by atoms with Crippen molar-refractivity contribution in [2.45, 2.75) is 26.1 Å². The van der Waals surface area contributed by atoms with Crippen molar-refractivity contribution >= 4 is 6.09 Å². The van der Waals surface area contributed by atoms with Crippen LogP contribution in [0.1, 0.15) is 23.6 Å². The van der Waals surface area contributed by atoms with Crippen molar-refractivity contribution in [3.63, 3.8) is 0 Å². The standard InChI is InChI=1S/C21H23N3O2/c1-17-14-23(15-19-9-7-18(13-22)8-10-19)11-12-24(17)21(25)26-16-20-5-3-2-4-6-20/h2-10,17H,11-12,14-16H2,1H3. The average molecular weight is 349 g/mol. The molecule has 26 heavy (non-hydrogen) atoms. The second-order valence-corrected chi connectivity index (χ2v) is 6.63. The van der Waals surface area contributed by atoms with Crippen molar-refractivity contribution in [1.29, 1.82) is 5.26 Å². The maximum Gasteiger partial charge on any atom is 0.410 e. The quantitative estimate of drug-likeness (QED) is 0.849. The Balaban J connectivity index is 1.49. The average Bonchev–Trinajstić information content (AvgIpc) is 2.68. The summed E-state index contributed by atoms with van der Waals surface area (Å²) in [7, 11) is 0. The van der Waals surface area contributed by atoms with E-state index in [0.29, 0.717) is 18.7 Å². The lowest BCUT2D eigenvalue weighted by Gasteiger charge is -2.39. The summed E-state index contributed by atoms with van der Waals surface area (Å²) in [6.07, 6.45) is -0.251. The number of carbonyl (C=O) groups is 1. The van der Waals surface area contributed by atoms with E-state index in [2.05, 4.69) is 17.9 Å². The molecule has 0 saturated carbocycles. The number of hydrogen-bond donors (Lipinski definition) is 0. The molecule has 0 aliphatic carbocycles. The van der Waals surface area contributed by atoms with Crippen LogP contribution in [0.25, 0.3) is 0 Å². The van der Waals surface area contributed by atoms with Crippen LogP contribution in [-0.2, 0) is 17.9 Å². The van der Waals surface area contributed by atoms with Gasteiger partial charge in [0.2, 0.25) is 0 Å². The predicted molar refractivity (Wildman–Crippen MR) is 99.2 cm³/mol. The van der Waals surface area contributed by atoms with Crippen LogP contribution in [0.3, 0.4) is 0 Å². The molecule has 5 heteroatoms. The van der Waals surface area contributed by atoms with E-state index in [1.54, 1.807) is 4.90 Å². The summed E-state index contributed by atoms with van der Waals surface area (Å²) >= 11 is 0. The van der Waals surface area contributed by atoms with Crippen LogP contribution < -0.4 is 0 Å². The van der Waals surface area contributed by atoms with Crippen molar-refractivity contribution in [2.24, 2.45) is 0 Å². The fraction of sp³-hybridized carbons (Fsp3) is 0.333. The molecular formula is C21H23N3O2. The molecule has 1 fully saturated rings. The van der Waals surface area contributed by atoms with E-state index in [4.69, 9.17) is 10.00 Å². The lowest BCUT2D eigenvalue weighted by Crippen LogP contribution is -2.53. The third kappa shape index (κ3) is 4.62. The number of benzene rings is 2. The van der Waals surface area contributed by atoms with Crippen LogP contribution in [0.2, 0.25) is 0 Å². The second-order valence-electron chi connectivity index (χ2n) is 6.63. The predicted octanol–water partition coefficient (Wildman–Crippen LogP) is 3.40. The number of ether oxygens (including phenoxy) is 1. The molecule has 1 atom stereocenters. The van der Waals surface area contributed by atoms with Crippen LogP contribution in [0.15, 0.2) is 54.6 Å². The molecule has 1 amide bonds. The third-order valence-electron chi connectivity index (χ3n) is 4.64. The first-order valence-corrected chi connectivity index (χ1v) is 8.84. The monoisotopic (exact) mass is 349 g/mol. The summed E-state index contributed by atoms with van der Waals surface area (Å²) in [5.41, 5.74) is 2.84. The number of piperazine rings is 1. The molecule has 1 aliphatic rings. The zero-order chi connectivity index (χ0) is 18.4. The van der Waals surface area contributed by atoms with Crippen LogP contribution >= 0.6 is 0 Å². The maximum atomic E-state index is 12.4. The SMILES string of the molecule is CC1CN(Cc2ccc(C#N)cc2)CCN1C(=O)OCc1ccccc1. The minimum absolute atomic E-state index is 0.102. The van der Waals surface area contributed by atoms with E-state index < -0.39 is 0 Å². The van der Waals surface area contributed by atoms with Gasteiger partial charge in [0.15, 0.2) is 0 Å². The summed E-state index contributed by atoms with van der Waals surface area (Å²) < 4.78 is 5.45. The summed E-state index contributed by atoms with van der Waals surface area (Å²) in [4.78, 5) is 16.5. The van der Waals surface area contributed by atoms with E-state index in [-0.39, 0.29) is 12.1 Å². The first-order chi connectivity index (χ1) is 12.7. The van der Waals surface area contributed by atoms with Gasteiger partial charge >= 0.3 is 6.09 Å². The summed E-state index contributed by atoms with van der Waals surface area (Å²) in [5.74, 6) is 0. The zero-order valence-corrected chi connectivity index (χ0v) is 15.0. The van der Waals surface area contributed by atoms with E-state index in [1.165, 1.54) is 5.56 Å². The molecule has 2 aromatic carbocycles. The van der Waals surface area contributed by atoms with Gasteiger partial charge in [-0.3, -0.25) is 4.90 Å². The number of amides is 1. The maximum absolute atomic E-state index is 12.4. The van der Waals surface area contributed by atoms with Gasteiger partial charge in [0.25, 0.3) is 0 Å². The third-order valence-corrected chi connectivity index (χ3v) is 4.64. The van der Waals surface area contributed by atoms with Crippen molar-refractivity contribution in [2.75, 3.05) is 19.6 Å². The van der Waals surface area contributed by atoms with E-state index in [1.807, 2.05) is 54.6 Å². The fourth-order valence-electron chi connectivity index (χ4n) is 3.19.